The molecule has 0 fully saturated rings. The molecule has 0 amide bonds. The quantitative estimate of drug-likeness (QED) is 0.263. The summed E-state index contributed by atoms with van der Waals surface area (Å²) in [5.41, 5.74) is 9.80. The summed E-state index contributed by atoms with van der Waals surface area (Å²) >= 11 is 0. The van der Waals surface area contributed by atoms with Crippen LogP contribution in [0.15, 0.2) is 0 Å². The third-order valence-corrected chi connectivity index (χ3v) is 1.71. The molecule has 0 aliphatic heterocycles. The molecule has 6 N–H and O–H groups in total. The second kappa shape index (κ2) is 2.44. The fourth-order valence-corrected chi connectivity index (χ4v) is 0.849. The van der Waals surface area contributed by atoms with E-state index in [-0.39, 0.29) is 11.3 Å². The summed E-state index contributed by atoms with van der Waals surface area (Å²) in [7, 11) is 0. The molecular formula is C7H9FN2O2. The third kappa shape index (κ3) is 0.903. The third-order valence-electron chi connectivity index (χ3n) is 1.71. The van der Waals surface area contributed by atoms with Gasteiger partial charge in [0.05, 0.1) is 5.69 Å². The minimum Gasteiger partial charge on any atom is -0.504 e. The molecule has 0 aliphatic carbocycles. The van der Waals surface area contributed by atoms with Crippen molar-refractivity contribution in [3.05, 3.63) is 11.4 Å². The molecule has 0 unspecified atom stereocenters. The summed E-state index contributed by atoms with van der Waals surface area (Å²) in [4.78, 5) is 0. The lowest BCUT2D eigenvalue weighted by Crippen LogP contribution is -1.99. The van der Waals surface area contributed by atoms with E-state index in [1.807, 2.05) is 0 Å². The van der Waals surface area contributed by atoms with Gasteiger partial charge < -0.3 is 21.7 Å². The minimum atomic E-state index is -0.900. The largest absolute Gasteiger partial charge is 0.504 e. The molecule has 66 valence electrons. The van der Waals surface area contributed by atoms with E-state index in [1.165, 1.54) is 6.92 Å². The number of nitrogen functional groups attached to an aromatic ring is 2. The molecule has 0 atom stereocenters. The highest BCUT2D eigenvalue weighted by Gasteiger charge is 2.17. The van der Waals surface area contributed by atoms with Crippen LogP contribution in [0, 0.1) is 12.7 Å². The summed E-state index contributed by atoms with van der Waals surface area (Å²) < 4.78 is 12.9. The number of anilines is 2. The van der Waals surface area contributed by atoms with Gasteiger partial charge in [-0.3, -0.25) is 0 Å². The Bertz CT molecular complexity index is 234. The van der Waals surface area contributed by atoms with Gasteiger partial charge in [-0.2, -0.15) is 0 Å². The highest BCUT2D eigenvalue weighted by atomic mass is 19.1. The van der Waals surface area contributed by atoms with E-state index in [0.29, 0.717) is 0 Å². The number of benzene rings is 1. The second-order valence-corrected chi connectivity index (χ2v) is 2.46. The maximum atomic E-state index is 12.9. The normalized spacial score (nSPS) is 10.2. The molecule has 5 heteroatoms. The molecule has 0 bridgehead atoms. The zero-order chi connectivity index (χ0) is 9.46. The zero-order valence-electron chi connectivity index (χ0n) is 6.43. The Balaban J connectivity index is 3.60. The van der Waals surface area contributed by atoms with Crippen LogP contribution in [0.25, 0.3) is 0 Å². The van der Waals surface area contributed by atoms with Gasteiger partial charge in [0.2, 0.25) is 0 Å². The van der Waals surface area contributed by atoms with E-state index >= 15 is 0 Å². The van der Waals surface area contributed by atoms with Gasteiger partial charge in [0, 0.05) is 5.56 Å². The average molecular weight is 172 g/mol. The summed E-state index contributed by atoms with van der Waals surface area (Å²) in [6.45, 7) is 1.34. The average Bonchev–Trinajstić information content (AvgIpc) is 2.08. The first-order valence-electron chi connectivity index (χ1n) is 3.21. The number of nitrogens with two attached hydrogens (primary N) is 2. The maximum absolute atomic E-state index is 12.9. The van der Waals surface area contributed by atoms with Crippen molar-refractivity contribution >= 4 is 11.4 Å². The van der Waals surface area contributed by atoms with Crippen LogP contribution in [-0.4, -0.2) is 10.2 Å². The molecule has 0 radical (unpaired) electrons. The SMILES string of the molecule is Cc1c(N)c(O)c(N)c(O)c1F. The molecule has 0 saturated heterocycles. The molecule has 0 saturated carbocycles. The predicted molar refractivity (Wildman–Crippen MR) is 43.3 cm³/mol. The highest BCUT2D eigenvalue weighted by molar-refractivity contribution is 5.75. The molecule has 4 nitrogen and oxygen atoms in total. The van der Waals surface area contributed by atoms with Crippen molar-refractivity contribution < 1.29 is 14.6 Å². The van der Waals surface area contributed by atoms with Crippen LogP contribution in [-0.2, 0) is 0 Å². The van der Waals surface area contributed by atoms with E-state index in [9.17, 15) is 4.39 Å². The number of halogens is 1. The molecule has 1 aromatic carbocycles. The second-order valence-electron chi connectivity index (χ2n) is 2.46. The van der Waals surface area contributed by atoms with Gasteiger partial charge in [0.1, 0.15) is 5.69 Å². The lowest BCUT2D eigenvalue weighted by atomic mass is 10.1. The van der Waals surface area contributed by atoms with Gasteiger partial charge in [-0.25, -0.2) is 4.39 Å². The van der Waals surface area contributed by atoms with Gasteiger partial charge in [0.25, 0.3) is 0 Å². The standard InChI is InChI=1S/C7H9FN2O2/c1-2-3(8)6(11)5(10)7(12)4(2)9/h11-12H,9-10H2,1H3. The topological polar surface area (TPSA) is 92.5 Å². The van der Waals surface area contributed by atoms with Crippen molar-refractivity contribution in [3.8, 4) is 11.5 Å². The lowest BCUT2D eigenvalue weighted by molar-refractivity contribution is 0.422. The van der Waals surface area contributed by atoms with Crippen LogP contribution in [0.3, 0.4) is 0 Å². The van der Waals surface area contributed by atoms with Crippen LogP contribution in [0.1, 0.15) is 5.56 Å². The van der Waals surface area contributed by atoms with Gasteiger partial charge in [-0.15, -0.1) is 0 Å². The van der Waals surface area contributed by atoms with Crippen molar-refractivity contribution in [1.29, 1.82) is 0 Å². The molecule has 0 heterocycles. The number of phenolic OH excluding ortho intramolecular Hbond substituents is 2. The number of hydrogen-bond donors (Lipinski definition) is 4. The number of hydrogen-bond acceptors (Lipinski definition) is 4. The van der Waals surface area contributed by atoms with Gasteiger partial charge in [0.15, 0.2) is 17.3 Å². The van der Waals surface area contributed by atoms with E-state index in [0.717, 1.165) is 0 Å². The smallest absolute Gasteiger partial charge is 0.179 e. The van der Waals surface area contributed by atoms with Gasteiger partial charge in [-0.1, -0.05) is 0 Å². The van der Waals surface area contributed by atoms with Crippen LogP contribution in [0.5, 0.6) is 11.5 Å². The first-order chi connectivity index (χ1) is 5.46. The molecule has 1 aromatic rings. The minimum absolute atomic E-state index is 0.0146. The maximum Gasteiger partial charge on any atom is 0.179 e. The van der Waals surface area contributed by atoms with Crippen LogP contribution < -0.4 is 11.5 Å². The molecule has 1 rings (SSSR count). The van der Waals surface area contributed by atoms with Crippen molar-refractivity contribution in [2.75, 3.05) is 11.5 Å². The Labute approximate surface area is 68.2 Å². The van der Waals surface area contributed by atoms with Crippen molar-refractivity contribution in [3.63, 3.8) is 0 Å². The van der Waals surface area contributed by atoms with Crippen molar-refractivity contribution in [2.24, 2.45) is 0 Å². The zero-order valence-corrected chi connectivity index (χ0v) is 6.43. The molecule has 0 aromatic heterocycles. The molecule has 0 aliphatic rings. The lowest BCUT2D eigenvalue weighted by Gasteiger charge is -2.09. The molecule has 12 heavy (non-hydrogen) atoms. The summed E-state index contributed by atoms with van der Waals surface area (Å²) in [6, 6.07) is 0. The summed E-state index contributed by atoms with van der Waals surface area (Å²) in [6.07, 6.45) is 0. The first-order valence-corrected chi connectivity index (χ1v) is 3.21. The van der Waals surface area contributed by atoms with E-state index < -0.39 is 23.0 Å². The molecular weight excluding hydrogens is 163 g/mol. The Morgan fingerprint density at radius 3 is 2.08 bits per heavy atom. The fourth-order valence-electron chi connectivity index (χ4n) is 0.849. The Morgan fingerprint density at radius 1 is 1.08 bits per heavy atom. The Morgan fingerprint density at radius 2 is 1.58 bits per heavy atom. The van der Waals surface area contributed by atoms with E-state index in [4.69, 9.17) is 21.7 Å². The monoisotopic (exact) mass is 172 g/mol. The van der Waals surface area contributed by atoms with Gasteiger partial charge >= 0.3 is 0 Å². The highest BCUT2D eigenvalue weighted by Crippen LogP contribution is 2.40. The van der Waals surface area contributed by atoms with E-state index in [2.05, 4.69) is 0 Å². The summed E-state index contributed by atoms with van der Waals surface area (Å²) in [5, 5.41) is 18.1. The van der Waals surface area contributed by atoms with Crippen LogP contribution >= 0.6 is 0 Å². The predicted octanol–water partition coefficient (Wildman–Crippen LogP) is 0.710. The number of phenols is 2. The Hall–Kier alpha value is -1.65. The molecule has 0 spiro atoms. The van der Waals surface area contributed by atoms with Crippen LogP contribution in [0.4, 0.5) is 15.8 Å². The van der Waals surface area contributed by atoms with Gasteiger partial charge in [-0.05, 0) is 6.92 Å². The van der Waals surface area contributed by atoms with Crippen LogP contribution in [0.2, 0.25) is 0 Å². The van der Waals surface area contributed by atoms with Crippen molar-refractivity contribution in [2.45, 2.75) is 6.92 Å². The summed E-state index contributed by atoms with van der Waals surface area (Å²) in [5.74, 6) is -2.14. The fraction of sp³-hybridized carbons (Fsp3) is 0.143. The Kier molecular flexibility index (Phi) is 1.72. The first kappa shape index (κ1) is 8.45. The van der Waals surface area contributed by atoms with Crippen molar-refractivity contribution in [1.82, 2.24) is 0 Å². The number of rotatable bonds is 0. The number of aromatic hydroxyl groups is 2. The van der Waals surface area contributed by atoms with E-state index in [1.54, 1.807) is 0 Å².